The summed E-state index contributed by atoms with van der Waals surface area (Å²) in [5.74, 6) is -0.232. The van der Waals surface area contributed by atoms with Gasteiger partial charge in [-0.1, -0.05) is 12.1 Å². The third-order valence-corrected chi connectivity index (χ3v) is 5.19. The van der Waals surface area contributed by atoms with Gasteiger partial charge in [0.2, 0.25) is 5.91 Å². The van der Waals surface area contributed by atoms with Crippen LogP contribution in [-0.4, -0.2) is 23.8 Å². The molecule has 0 saturated carbocycles. The second-order valence-corrected chi connectivity index (χ2v) is 7.03. The highest BCUT2D eigenvalue weighted by atomic mass is 32.1. The second kappa shape index (κ2) is 8.04. The Kier molecular flexibility index (Phi) is 5.57. The number of thiazole rings is 1. The summed E-state index contributed by atoms with van der Waals surface area (Å²) in [5, 5.41) is 12.4. The van der Waals surface area contributed by atoms with Crippen molar-refractivity contribution in [2.24, 2.45) is 0 Å². The maximum Gasteiger partial charge on any atom is 0.251 e. The standard InChI is InChI=1S/C18H17N3O2S2/c1-19-17(23)13-4-2-3-12(7-13)9-20-16(22)8-15-11-25-18(21-15)14-5-6-24-10-14/h2-7,10-11H,8-9H2,1H3,(H,19,23)(H,20,22). The minimum Gasteiger partial charge on any atom is -0.355 e. The van der Waals surface area contributed by atoms with E-state index in [9.17, 15) is 9.59 Å². The molecule has 3 aromatic rings. The Hall–Kier alpha value is -2.51. The van der Waals surface area contributed by atoms with Crippen molar-refractivity contribution >= 4 is 34.5 Å². The maximum atomic E-state index is 12.1. The molecule has 3 rings (SSSR count). The first-order valence-corrected chi connectivity index (χ1v) is 9.52. The number of carbonyl (C=O) groups is 2. The number of carbonyl (C=O) groups excluding carboxylic acids is 2. The highest BCUT2D eigenvalue weighted by molar-refractivity contribution is 7.14. The number of aromatic nitrogens is 1. The predicted octanol–water partition coefficient (Wildman–Crippen LogP) is 3.09. The molecule has 2 aromatic heterocycles. The number of amides is 2. The summed E-state index contributed by atoms with van der Waals surface area (Å²) >= 11 is 3.17. The fraction of sp³-hybridized carbons (Fsp3) is 0.167. The molecule has 2 N–H and O–H groups in total. The molecule has 0 atom stereocenters. The van der Waals surface area contributed by atoms with Crippen LogP contribution in [0.15, 0.2) is 46.5 Å². The molecule has 0 aliphatic carbocycles. The largest absolute Gasteiger partial charge is 0.355 e. The molecular formula is C18H17N3O2S2. The molecule has 0 spiro atoms. The van der Waals surface area contributed by atoms with Crippen LogP contribution in [0.5, 0.6) is 0 Å². The number of thiophene rings is 1. The van der Waals surface area contributed by atoms with Crippen molar-refractivity contribution in [3.63, 3.8) is 0 Å². The van der Waals surface area contributed by atoms with Crippen LogP contribution in [0, 0.1) is 0 Å². The SMILES string of the molecule is CNC(=O)c1cccc(CNC(=O)Cc2csc(-c3ccsc3)n2)c1. The lowest BCUT2D eigenvalue weighted by Crippen LogP contribution is -2.25. The first kappa shape index (κ1) is 17.3. The van der Waals surface area contributed by atoms with Crippen molar-refractivity contribution in [2.75, 3.05) is 7.05 Å². The molecule has 2 amide bonds. The number of nitrogens with zero attached hydrogens (tertiary/aromatic N) is 1. The molecule has 0 saturated heterocycles. The molecule has 1 aromatic carbocycles. The highest BCUT2D eigenvalue weighted by Crippen LogP contribution is 2.25. The fourth-order valence-electron chi connectivity index (χ4n) is 2.30. The van der Waals surface area contributed by atoms with Crippen LogP contribution in [0.25, 0.3) is 10.6 Å². The molecule has 5 nitrogen and oxygen atoms in total. The van der Waals surface area contributed by atoms with Crippen LogP contribution in [0.3, 0.4) is 0 Å². The van der Waals surface area contributed by atoms with Crippen molar-refractivity contribution in [1.29, 1.82) is 0 Å². The quantitative estimate of drug-likeness (QED) is 0.699. The Morgan fingerprint density at radius 2 is 2.08 bits per heavy atom. The van der Waals surface area contributed by atoms with E-state index < -0.39 is 0 Å². The maximum absolute atomic E-state index is 12.1. The fourth-order valence-corrected chi connectivity index (χ4v) is 3.83. The lowest BCUT2D eigenvalue weighted by Gasteiger charge is -2.06. The molecule has 0 aliphatic rings. The molecule has 7 heteroatoms. The third kappa shape index (κ3) is 4.52. The number of rotatable bonds is 6. The summed E-state index contributed by atoms with van der Waals surface area (Å²) in [6, 6.07) is 9.22. The molecule has 0 unspecified atom stereocenters. The molecule has 0 fully saturated rings. The van der Waals surface area contributed by atoms with Gasteiger partial charge in [-0.25, -0.2) is 4.98 Å². The van der Waals surface area contributed by atoms with E-state index in [1.54, 1.807) is 47.9 Å². The van der Waals surface area contributed by atoms with E-state index in [-0.39, 0.29) is 18.2 Å². The molecule has 0 radical (unpaired) electrons. The number of benzene rings is 1. The van der Waals surface area contributed by atoms with Crippen molar-refractivity contribution in [3.8, 4) is 10.6 Å². The lowest BCUT2D eigenvalue weighted by molar-refractivity contribution is -0.120. The van der Waals surface area contributed by atoms with Gasteiger partial charge in [-0.15, -0.1) is 11.3 Å². The average Bonchev–Trinajstić information content (AvgIpc) is 3.31. The zero-order valence-electron chi connectivity index (χ0n) is 13.6. The van der Waals surface area contributed by atoms with E-state index >= 15 is 0 Å². The molecule has 2 heterocycles. The average molecular weight is 371 g/mol. The van der Waals surface area contributed by atoms with Gasteiger partial charge in [0, 0.05) is 35.5 Å². The van der Waals surface area contributed by atoms with Crippen LogP contribution in [-0.2, 0) is 17.8 Å². The van der Waals surface area contributed by atoms with Crippen LogP contribution in [0.1, 0.15) is 21.6 Å². The van der Waals surface area contributed by atoms with Crippen molar-refractivity contribution in [3.05, 3.63) is 63.3 Å². The Balaban J connectivity index is 1.56. The van der Waals surface area contributed by atoms with E-state index in [0.717, 1.165) is 21.8 Å². The number of nitrogens with one attached hydrogen (secondary N) is 2. The monoisotopic (exact) mass is 371 g/mol. The minimum atomic E-state index is -0.142. The summed E-state index contributed by atoms with van der Waals surface area (Å²) < 4.78 is 0. The summed E-state index contributed by atoms with van der Waals surface area (Å²) in [4.78, 5) is 28.3. The molecule has 25 heavy (non-hydrogen) atoms. The molecule has 0 aliphatic heterocycles. The van der Waals surface area contributed by atoms with Gasteiger partial charge in [0.1, 0.15) is 5.01 Å². The zero-order chi connectivity index (χ0) is 17.6. The first-order valence-electron chi connectivity index (χ1n) is 7.70. The Bertz CT molecular complexity index is 872. The number of hydrogen-bond donors (Lipinski definition) is 2. The molecular weight excluding hydrogens is 354 g/mol. The van der Waals surface area contributed by atoms with Crippen LogP contribution >= 0.6 is 22.7 Å². The van der Waals surface area contributed by atoms with Gasteiger partial charge in [0.15, 0.2) is 0 Å². The third-order valence-electron chi connectivity index (χ3n) is 3.57. The van der Waals surface area contributed by atoms with Crippen LogP contribution in [0.4, 0.5) is 0 Å². The predicted molar refractivity (Wildman–Crippen MR) is 101 cm³/mol. The Morgan fingerprint density at radius 3 is 2.84 bits per heavy atom. The Morgan fingerprint density at radius 1 is 1.20 bits per heavy atom. The lowest BCUT2D eigenvalue weighted by atomic mass is 10.1. The van der Waals surface area contributed by atoms with Gasteiger partial charge in [-0.3, -0.25) is 9.59 Å². The van der Waals surface area contributed by atoms with Crippen molar-refractivity contribution in [1.82, 2.24) is 15.6 Å². The van der Waals surface area contributed by atoms with E-state index in [1.165, 1.54) is 0 Å². The summed E-state index contributed by atoms with van der Waals surface area (Å²) in [6.45, 7) is 0.380. The van der Waals surface area contributed by atoms with Gasteiger partial charge in [0.25, 0.3) is 5.91 Å². The minimum absolute atomic E-state index is 0.0903. The highest BCUT2D eigenvalue weighted by Gasteiger charge is 2.10. The molecule has 0 bridgehead atoms. The first-order chi connectivity index (χ1) is 12.2. The van der Waals surface area contributed by atoms with E-state index in [1.807, 2.05) is 28.3 Å². The van der Waals surface area contributed by atoms with E-state index in [4.69, 9.17) is 0 Å². The van der Waals surface area contributed by atoms with Gasteiger partial charge in [-0.05, 0) is 29.1 Å². The van der Waals surface area contributed by atoms with Gasteiger partial charge < -0.3 is 10.6 Å². The summed E-state index contributed by atoms with van der Waals surface area (Å²) in [6.07, 6.45) is 0.246. The van der Waals surface area contributed by atoms with E-state index in [0.29, 0.717) is 12.1 Å². The van der Waals surface area contributed by atoms with Crippen LogP contribution < -0.4 is 10.6 Å². The second-order valence-electron chi connectivity index (χ2n) is 5.39. The topological polar surface area (TPSA) is 71.1 Å². The van der Waals surface area contributed by atoms with Crippen molar-refractivity contribution < 1.29 is 9.59 Å². The van der Waals surface area contributed by atoms with Gasteiger partial charge in [-0.2, -0.15) is 11.3 Å². The van der Waals surface area contributed by atoms with Crippen LogP contribution in [0.2, 0.25) is 0 Å². The Labute approximate surface area is 153 Å². The summed E-state index contributed by atoms with van der Waals surface area (Å²) in [7, 11) is 1.59. The van der Waals surface area contributed by atoms with E-state index in [2.05, 4.69) is 15.6 Å². The van der Waals surface area contributed by atoms with Crippen molar-refractivity contribution in [2.45, 2.75) is 13.0 Å². The smallest absolute Gasteiger partial charge is 0.251 e. The van der Waals surface area contributed by atoms with Gasteiger partial charge in [0.05, 0.1) is 12.1 Å². The molecule has 128 valence electrons. The van der Waals surface area contributed by atoms with Gasteiger partial charge >= 0.3 is 0 Å². The zero-order valence-corrected chi connectivity index (χ0v) is 15.2. The normalized spacial score (nSPS) is 10.4. The summed E-state index contributed by atoms with van der Waals surface area (Å²) in [5.41, 5.74) is 3.32. The number of hydrogen-bond acceptors (Lipinski definition) is 5.